The lowest BCUT2D eigenvalue weighted by Gasteiger charge is -2.60. The van der Waals surface area contributed by atoms with E-state index in [1.165, 1.54) is 0 Å². The second-order valence-corrected chi connectivity index (χ2v) is 12.2. The first-order chi connectivity index (χ1) is 19.4. The number of piperazine rings is 1. The summed E-state index contributed by atoms with van der Waals surface area (Å²) in [5.74, 6) is 0.0997. The van der Waals surface area contributed by atoms with Crippen molar-refractivity contribution in [3.8, 4) is 11.8 Å². The van der Waals surface area contributed by atoms with Crippen LogP contribution in [0.5, 0.6) is 5.75 Å². The third-order valence-electron chi connectivity index (χ3n) is 9.67. The molecule has 218 valence electrons. The van der Waals surface area contributed by atoms with Crippen LogP contribution in [0.4, 0.5) is 0 Å². The summed E-state index contributed by atoms with van der Waals surface area (Å²) >= 11 is 0. The fraction of sp³-hybridized carbons (Fsp3) is 0.562. The number of Topliss-reactive ketones (excluding diaryl/α,β-unsaturated/α-hetero) is 2. The van der Waals surface area contributed by atoms with E-state index < -0.39 is 12.1 Å². The van der Waals surface area contributed by atoms with Crippen molar-refractivity contribution in [2.75, 3.05) is 27.5 Å². The van der Waals surface area contributed by atoms with Crippen molar-refractivity contribution in [3.05, 3.63) is 50.6 Å². The summed E-state index contributed by atoms with van der Waals surface area (Å²) in [6.07, 6.45) is 0.964. The molecule has 0 saturated carbocycles. The van der Waals surface area contributed by atoms with Gasteiger partial charge in [0.25, 0.3) is 0 Å². The van der Waals surface area contributed by atoms with Crippen LogP contribution in [0.2, 0.25) is 0 Å². The highest BCUT2D eigenvalue weighted by Gasteiger charge is 2.57. The first-order valence-electron chi connectivity index (χ1n) is 14.4. The van der Waals surface area contributed by atoms with Gasteiger partial charge in [-0.25, -0.2) is 0 Å². The average Bonchev–Trinajstić information content (AvgIpc) is 2.94. The van der Waals surface area contributed by atoms with E-state index in [4.69, 9.17) is 9.47 Å². The van der Waals surface area contributed by atoms with Gasteiger partial charge < -0.3 is 14.8 Å². The van der Waals surface area contributed by atoms with E-state index in [2.05, 4.69) is 34.2 Å². The lowest BCUT2D eigenvalue weighted by molar-refractivity contribution is -0.125. The van der Waals surface area contributed by atoms with Gasteiger partial charge in [-0.1, -0.05) is 19.9 Å². The van der Waals surface area contributed by atoms with Gasteiger partial charge in [-0.2, -0.15) is 5.26 Å². The average molecular weight is 561 g/mol. The minimum atomic E-state index is -0.606. The van der Waals surface area contributed by atoms with Crippen LogP contribution in [-0.4, -0.2) is 78.9 Å². The Balaban J connectivity index is 1.72. The number of allylic oxidation sites excluding steroid dienone is 2. The Bertz CT molecular complexity index is 1430. The minimum absolute atomic E-state index is 0.0984. The molecular weight excluding hydrogens is 520 g/mol. The van der Waals surface area contributed by atoms with E-state index in [-0.39, 0.29) is 54.9 Å². The molecule has 5 rings (SSSR count). The molecule has 2 bridgehead atoms. The SMILES string of the molecule is COCOc1c(C)c(C)cc2c1[C@@H]1C3CC4=C(C(=O)C(C)=C(C)C4=O)[C@H](CNC(=O)C(C)C)N3C(C#N)[C@H](C2)N1C. The van der Waals surface area contributed by atoms with Crippen LogP contribution in [0, 0.1) is 31.1 Å². The van der Waals surface area contributed by atoms with Gasteiger partial charge in [-0.3, -0.25) is 24.2 Å². The van der Waals surface area contributed by atoms with E-state index in [9.17, 15) is 19.6 Å². The molecule has 3 aliphatic heterocycles. The lowest BCUT2D eigenvalue weighted by atomic mass is 9.69. The summed E-state index contributed by atoms with van der Waals surface area (Å²) in [5, 5.41) is 13.7. The number of nitriles is 1. The van der Waals surface area contributed by atoms with Crippen molar-refractivity contribution in [2.24, 2.45) is 5.92 Å². The lowest BCUT2D eigenvalue weighted by Crippen LogP contribution is -2.71. The normalized spacial score (nSPS) is 27.9. The van der Waals surface area contributed by atoms with Gasteiger partial charge in [0.05, 0.1) is 18.2 Å². The quantitative estimate of drug-likeness (QED) is 0.417. The largest absolute Gasteiger partial charge is 0.467 e. The number of carbonyl (C=O) groups is 3. The summed E-state index contributed by atoms with van der Waals surface area (Å²) in [5.41, 5.74) is 6.13. The Hall–Kier alpha value is -3.32. The van der Waals surface area contributed by atoms with Crippen LogP contribution in [0.25, 0.3) is 0 Å². The number of benzene rings is 1. The highest BCUT2D eigenvalue weighted by Crippen LogP contribution is 2.52. The first kappa shape index (κ1) is 29.2. The van der Waals surface area contributed by atoms with Gasteiger partial charge in [0.2, 0.25) is 5.91 Å². The zero-order valence-electron chi connectivity index (χ0n) is 25.3. The second-order valence-electron chi connectivity index (χ2n) is 12.2. The maximum atomic E-state index is 13.8. The standard InChI is InChI=1S/C32H40N4O5/c1-15(2)32(39)34-13-25-27-21(29(37)18(5)19(6)30(27)38)11-23-28-26-20(9-16(3)17(4)31(26)41-14-40-8)10-22(35(28)7)24(12-33)36(23)25/h9,15,22-25,28H,10-11,13-14H2,1-8H3,(H,34,39)/t22-,23?,24?,25-,28-/m0/s1. The predicted octanol–water partition coefficient (Wildman–Crippen LogP) is 3.09. The molecule has 0 spiro atoms. The van der Waals surface area contributed by atoms with Crippen LogP contribution in [0.15, 0.2) is 28.4 Å². The molecule has 1 aromatic carbocycles. The molecule has 1 aromatic rings. The van der Waals surface area contributed by atoms with Crippen LogP contribution in [0.3, 0.4) is 0 Å². The molecule has 0 aromatic heterocycles. The number of methoxy groups -OCH3 is 1. The van der Waals surface area contributed by atoms with Gasteiger partial charge in [-0.15, -0.1) is 0 Å². The predicted molar refractivity (Wildman–Crippen MR) is 153 cm³/mol. The van der Waals surface area contributed by atoms with Gasteiger partial charge in [0.1, 0.15) is 11.8 Å². The molecule has 2 unspecified atom stereocenters. The number of nitrogens with one attached hydrogen (secondary N) is 1. The number of ether oxygens (including phenoxy) is 2. The van der Waals surface area contributed by atoms with E-state index in [0.717, 1.165) is 28.0 Å². The smallest absolute Gasteiger partial charge is 0.222 e. The first-order valence-corrected chi connectivity index (χ1v) is 14.4. The van der Waals surface area contributed by atoms with E-state index in [0.29, 0.717) is 35.1 Å². The molecule has 5 atom stereocenters. The number of ketones is 2. The van der Waals surface area contributed by atoms with Crippen LogP contribution < -0.4 is 10.1 Å². The van der Waals surface area contributed by atoms with Crippen LogP contribution in [-0.2, 0) is 25.5 Å². The molecule has 3 heterocycles. The summed E-state index contributed by atoms with van der Waals surface area (Å²) < 4.78 is 11.5. The van der Waals surface area contributed by atoms with E-state index in [1.807, 2.05) is 27.8 Å². The van der Waals surface area contributed by atoms with Crippen molar-refractivity contribution in [3.63, 3.8) is 0 Å². The number of fused-ring (bicyclic) bond motifs is 6. The number of likely N-dealkylation sites (N-methyl/N-ethyl adjacent to an activating group) is 1. The summed E-state index contributed by atoms with van der Waals surface area (Å²) in [7, 11) is 3.63. The summed E-state index contributed by atoms with van der Waals surface area (Å²) in [6.45, 7) is 11.4. The highest BCUT2D eigenvalue weighted by atomic mass is 16.7. The molecule has 1 N–H and O–H groups in total. The van der Waals surface area contributed by atoms with Crippen LogP contribution in [0.1, 0.15) is 62.4 Å². The molecule has 1 fully saturated rings. The van der Waals surface area contributed by atoms with Crippen LogP contribution >= 0.6 is 0 Å². The summed E-state index contributed by atoms with van der Waals surface area (Å²) in [6, 6.07) is 2.96. The molecule has 1 saturated heterocycles. The monoisotopic (exact) mass is 560 g/mol. The third kappa shape index (κ3) is 4.44. The fourth-order valence-corrected chi connectivity index (χ4v) is 7.26. The molecule has 1 amide bonds. The number of hydrogen-bond donors (Lipinski definition) is 1. The number of amides is 1. The Morgan fingerprint density at radius 2 is 1.80 bits per heavy atom. The fourth-order valence-electron chi connectivity index (χ4n) is 7.26. The summed E-state index contributed by atoms with van der Waals surface area (Å²) in [4.78, 5) is 44.7. The maximum absolute atomic E-state index is 13.8. The minimum Gasteiger partial charge on any atom is -0.467 e. The second kappa shape index (κ2) is 10.8. The molecule has 4 aliphatic rings. The topological polar surface area (TPSA) is 112 Å². The van der Waals surface area contributed by atoms with Crippen molar-refractivity contribution in [2.45, 2.75) is 84.6 Å². The molecule has 1 aliphatic carbocycles. The molecule has 0 radical (unpaired) electrons. The highest BCUT2D eigenvalue weighted by molar-refractivity contribution is 6.25. The Morgan fingerprint density at radius 1 is 1.12 bits per heavy atom. The van der Waals surface area contributed by atoms with Gasteiger partial charge >= 0.3 is 0 Å². The number of nitrogens with zero attached hydrogens (tertiary/aromatic N) is 3. The zero-order chi connectivity index (χ0) is 29.9. The Kier molecular flexibility index (Phi) is 7.70. The number of hydrogen-bond acceptors (Lipinski definition) is 8. The zero-order valence-corrected chi connectivity index (χ0v) is 25.3. The van der Waals surface area contributed by atoms with Crippen molar-refractivity contribution in [1.29, 1.82) is 5.26 Å². The van der Waals surface area contributed by atoms with Gasteiger partial charge in [0, 0.05) is 59.5 Å². The number of rotatable bonds is 6. The van der Waals surface area contributed by atoms with Crippen molar-refractivity contribution < 1.29 is 23.9 Å². The molecular formula is C32H40N4O5. The Morgan fingerprint density at radius 3 is 2.44 bits per heavy atom. The van der Waals surface area contributed by atoms with E-state index in [1.54, 1.807) is 21.0 Å². The molecule has 41 heavy (non-hydrogen) atoms. The number of carbonyl (C=O) groups excluding carboxylic acids is 3. The van der Waals surface area contributed by atoms with Crippen molar-refractivity contribution >= 4 is 17.5 Å². The number of aryl methyl sites for hydroxylation is 1. The molecule has 9 heteroatoms. The van der Waals surface area contributed by atoms with E-state index >= 15 is 0 Å². The Labute approximate surface area is 242 Å². The van der Waals surface area contributed by atoms with Gasteiger partial charge in [0.15, 0.2) is 18.4 Å². The third-order valence-corrected chi connectivity index (χ3v) is 9.67. The maximum Gasteiger partial charge on any atom is 0.222 e. The van der Waals surface area contributed by atoms with Crippen molar-refractivity contribution in [1.82, 2.24) is 15.1 Å². The molecule has 9 nitrogen and oxygen atoms in total. The van der Waals surface area contributed by atoms with Gasteiger partial charge in [-0.05, 0) is 64.3 Å².